The maximum atomic E-state index is 11.8. The lowest BCUT2D eigenvalue weighted by atomic mass is 10.1. The smallest absolute Gasteiger partial charge is 0.330 e. The molecule has 2 aliphatic heterocycles. The number of hydroxylamine groups is 2. The fourth-order valence-electron chi connectivity index (χ4n) is 2.81. The first-order valence-corrected chi connectivity index (χ1v) is 8.18. The first kappa shape index (κ1) is 17.5. The number of hydrogen-bond acceptors (Lipinski definition) is 6. The number of hydrogen-bond donors (Lipinski definition) is 0. The SMILES string of the molecule is O=C(CCCc1ccccc1N1C(=O)C=CC1=O)ON1C(=O)CCC1=O. The van der Waals surface area contributed by atoms with Gasteiger partial charge in [0, 0.05) is 31.4 Å². The molecule has 8 heteroatoms. The second-order valence-electron chi connectivity index (χ2n) is 5.87. The van der Waals surface area contributed by atoms with Crippen molar-refractivity contribution in [2.75, 3.05) is 4.90 Å². The summed E-state index contributed by atoms with van der Waals surface area (Å²) in [7, 11) is 0. The van der Waals surface area contributed by atoms with Crippen molar-refractivity contribution in [2.24, 2.45) is 0 Å². The molecular formula is C18H16N2O6. The van der Waals surface area contributed by atoms with E-state index in [0.717, 1.165) is 10.5 Å². The average molecular weight is 356 g/mol. The van der Waals surface area contributed by atoms with Crippen LogP contribution in [0.15, 0.2) is 36.4 Å². The Hall–Kier alpha value is -3.29. The van der Waals surface area contributed by atoms with Crippen LogP contribution in [0.3, 0.4) is 0 Å². The van der Waals surface area contributed by atoms with Gasteiger partial charge in [-0.15, -0.1) is 5.06 Å². The average Bonchev–Trinajstić information content (AvgIpc) is 3.11. The topological polar surface area (TPSA) is 101 Å². The third-order valence-corrected chi connectivity index (χ3v) is 4.07. The van der Waals surface area contributed by atoms with E-state index >= 15 is 0 Å². The van der Waals surface area contributed by atoms with Crippen LogP contribution in [0, 0.1) is 0 Å². The Balaban J connectivity index is 1.58. The van der Waals surface area contributed by atoms with Crippen LogP contribution in [-0.2, 0) is 35.2 Å². The Labute approximate surface area is 149 Å². The van der Waals surface area contributed by atoms with Crippen LogP contribution in [0.5, 0.6) is 0 Å². The van der Waals surface area contributed by atoms with Gasteiger partial charge >= 0.3 is 5.97 Å². The monoisotopic (exact) mass is 356 g/mol. The van der Waals surface area contributed by atoms with Gasteiger partial charge in [0.05, 0.1) is 5.69 Å². The maximum Gasteiger partial charge on any atom is 0.333 e. The molecule has 1 aromatic rings. The van der Waals surface area contributed by atoms with Crippen LogP contribution < -0.4 is 4.90 Å². The molecular weight excluding hydrogens is 340 g/mol. The fraction of sp³-hybridized carbons (Fsp3) is 0.278. The van der Waals surface area contributed by atoms with Crippen LogP contribution in [0.25, 0.3) is 0 Å². The molecule has 4 amide bonds. The Morgan fingerprint density at radius 1 is 0.962 bits per heavy atom. The molecule has 2 heterocycles. The van der Waals surface area contributed by atoms with Gasteiger partial charge in [-0.3, -0.25) is 19.2 Å². The van der Waals surface area contributed by atoms with Gasteiger partial charge in [-0.2, -0.15) is 0 Å². The number of nitrogens with zero attached hydrogens (tertiary/aromatic N) is 2. The van der Waals surface area contributed by atoms with Crippen LogP contribution in [0.1, 0.15) is 31.2 Å². The number of rotatable bonds is 6. The number of anilines is 1. The number of carbonyl (C=O) groups is 5. The summed E-state index contributed by atoms with van der Waals surface area (Å²) in [6.45, 7) is 0. The zero-order valence-corrected chi connectivity index (χ0v) is 13.8. The Kier molecular flexibility index (Phi) is 4.92. The standard InChI is InChI=1S/C18H16N2O6/c21-14-8-9-15(22)19(14)13-6-2-1-4-12(13)5-3-7-18(25)26-20-16(23)10-11-17(20)24/h1-2,4,6,8-9H,3,5,7,10-11H2. The van der Waals surface area contributed by atoms with Gasteiger partial charge in [0.1, 0.15) is 0 Å². The summed E-state index contributed by atoms with van der Waals surface area (Å²) in [5, 5.41) is 0.517. The molecule has 0 radical (unpaired) electrons. The van der Waals surface area contributed by atoms with Gasteiger partial charge in [0.15, 0.2) is 0 Å². The van der Waals surface area contributed by atoms with Gasteiger partial charge in [0.25, 0.3) is 23.6 Å². The summed E-state index contributed by atoms with van der Waals surface area (Å²) in [6.07, 6.45) is 3.30. The molecule has 0 saturated carbocycles. The largest absolute Gasteiger partial charge is 0.333 e. The Bertz CT molecular complexity index is 795. The first-order valence-electron chi connectivity index (χ1n) is 8.18. The Morgan fingerprint density at radius 3 is 2.23 bits per heavy atom. The summed E-state index contributed by atoms with van der Waals surface area (Å²) in [4.78, 5) is 64.3. The van der Waals surface area contributed by atoms with Crippen molar-refractivity contribution < 1.29 is 28.8 Å². The highest BCUT2D eigenvalue weighted by atomic mass is 16.7. The molecule has 0 aliphatic carbocycles. The summed E-state index contributed by atoms with van der Waals surface area (Å²) in [5.41, 5.74) is 1.21. The van der Waals surface area contributed by atoms with Gasteiger partial charge in [-0.05, 0) is 24.5 Å². The molecule has 0 bridgehead atoms. The zero-order chi connectivity index (χ0) is 18.7. The third-order valence-electron chi connectivity index (χ3n) is 4.07. The molecule has 134 valence electrons. The van der Waals surface area contributed by atoms with E-state index < -0.39 is 29.6 Å². The number of benzene rings is 1. The molecule has 1 fully saturated rings. The molecule has 1 aromatic carbocycles. The van der Waals surface area contributed by atoms with Gasteiger partial charge in [-0.1, -0.05) is 18.2 Å². The highest BCUT2D eigenvalue weighted by molar-refractivity contribution is 6.28. The molecule has 1 saturated heterocycles. The fourth-order valence-corrected chi connectivity index (χ4v) is 2.81. The number of carbonyl (C=O) groups excluding carboxylic acids is 5. The second-order valence-corrected chi connectivity index (χ2v) is 5.87. The molecule has 3 rings (SSSR count). The number of aryl methyl sites for hydroxylation is 1. The molecule has 26 heavy (non-hydrogen) atoms. The van der Waals surface area contributed by atoms with Crippen LogP contribution in [0.4, 0.5) is 5.69 Å². The summed E-state index contributed by atoms with van der Waals surface area (Å²) in [6, 6.07) is 6.93. The minimum absolute atomic E-state index is 0.00840. The van der Waals surface area contributed by atoms with Crippen molar-refractivity contribution in [2.45, 2.75) is 32.1 Å². The maximum absolute atomic E-state index is 11.8. The normalized spacial score (nSPS) is 16.8. The molecule has 8 nitrogen and oxygen atoms in total. The van der Waals surface area contributed by atoms with Gasteiger partial charge < -0.3 is 4.84 Å². The Morgan fingerprint density at radius 2 is 1.58 bits per heavy atom. The predicted octanol–water partition coefficient (Wildman–Crippen LogP) is 1.05. The highest BCUT2D eigenvalue weighted by Crippen LogP contribution is 2.25. The van der Waals surface area contributed by atoms with E-state index in [1.54, 1.807) is 24.3 Å². The van der Waals surface area contributed by atoms with Crippen molar-refractivity contribution in [3.05, 3.63) is 42.0 Å². The third kappa shape index (κ3) is 3.53. The quantitative estimate of drug-likeness (QED) is 0.706. The van der Waals surface area contributed by atoms with Crippen molar-refractivity contribution in [1.29, 1.82) is 0 Å². The summed E-state index contributed by atoms with van der Waals surface area (Å²) in [5.74, 6) is -2.54. The van der Waals surface area contributed by atoms with Gasteiger partial charge in [-0.25, -0.2) is 9.69 Å². The van der Waals surface area contributed by atoms with E-state index in [0.29, 0.717) is 23.6 Å². The van der Waals surface area contributed by atoms with Crippen LogP contribution >= 0.6 is 0 Å². The van der Waals surface area contributed by atoms with Gasteiger partial charge in [0.2, 0.25) is 0 Å². The molecule has 2 aliphatic rings. The lowest BCUT2D eigenvalue weighted by molar-refractivity contribution is -0.197. The minimum Gasteiger partial charge on any atom is -0.330 e. The number of amides is 4. The molecule has 0 spiro atoms. The molecule has 0 unspecified atom stereocenters. The highest BCUT2D eigenvalue weighted by Gasteiger charge is 2.32. The zero-order valence-electron chi connectivity index (χ0n) is 13.8. The van der Waals surface area contributed by atoms with Crippen molar-refractivity contribution in [3.8, 4) is 0 Å². The number of para-hydroxylation sites is 1. The van der Waals surface area contributed by atoms with Crippen molar-refractivity contribution >= 4 is 35.3 Å². The minimum atomic E-state index is -0.680. The van der Waals surface area contributed by atoms with Crippen LogP contribution in [0.2, 0.25) is 0 Å². The van der Waals surface area contributed by atoms with Crippen molar-refractivity contribution in [1.82, 2.24) is 5.06 Å². The molecule has 0 atom stereocenters. The van der Waals surface area contributed by atoms with E-state index in [2.05, 4.69) is 0 Å². The molecule has 0 N–H and O–H groups in total. The summed E-state index contributed by atoms with van der Waals surface area (Å²) < 4.78 is 0. The van der Waals surface area contributed by atoms with E-state index in [-0.39, 0.29) is 19.3 Å². The van der Waals surface area contributed by atoms with E-state index in [9.17, 15) is 24.0 Å². The van der Waals surface area contributed by atoms with E-state index in [1.165, 1.54) is 12.2 Å². The number of imide groups is 2. The second kappa shape index (κ2) is 7.30. The molecule has 0 aromatic heterocycles. The van der Waals surface area contributed by atoms with E-state index in [4.69, 9.17) is 4.84 Å². The van der Waals surface area contributed by atoms with E-state index in [1.807, 2.05) is 0 Å². The summed E-state index contributed by atoms with van der Waals surface area (Å²) >= 11 is 0. The van der Waals surface area contributed by atoms with Crippen molar-refractivity contribution in [3.63, 3.8) is 0 Å². The predicted molar refractivity (Wildman–Crippen MR) is 88.2 cm³/mol. The van der Waals surface area contributed by atoms with Crippen LogP contribution in [-0.4, -0.2) is 34.7 Å². The lowest BCUT2D eigenvalue weighted by Crippen LogP contribution is -2.32. The lowest BCUT2D eigenvalue weighted by Gasteiger charge is -2.18. The first-order chi connectivity index (χ1) is 12.5.